The Hall–Kier alpha value is -2.83. The Labute approximate surface area is 114 Å². The van der Waals surface area contributed by atoms with Crippen molar-refractivity contribution in [1.82, 2.24) is 9.78 Å². The second-order valence-corrected chi connectivity index (χ2v) is 4.05. The van der Waals surface area contributed by atoms with Gasteiger partial charge in [0.05, 0.1) is 12.7 Å². The zero-order valence-corrected chi connectivity index (χ0v) is 10.7. The van der Waals surface area contributed by atoms with Crippen LogP contribution in [0.3, 0.4) is 0 Å². The van der Waals surface area contributed by atoms with E-state index in [2.05, 4.69) is 5.10 Å². The molecule has 0 atom stereocenters. The molecule has 2 rings (SSSR count). The van der Waals surface area contributed by atoms with Gasteiger partial charge in [0.1, 0.15) is 23.8 Å². The van der Waals surface area contributed by atoms with Crippen LogP contribution in [0.1, 0.15) is 10.4 Å². The number of aromatic nitrogens is 2. The summed E-state index contributed by atoms with van der Waals surface area (Å²) in [6, 6.07) is 6.93. The van der Waals surface area contributed by atoms with Gasteiger partial charge in [-0.1, -0.05) is 12.1 Å². The predicted molar refractivity (Wildman–Crippen MR) is 71.7 cm³/mol. The molecule has 0 radical (unpaired) electrons. The molecule has 0 unspecified atom stereocenters. The summed E-state index contributed by atoms with van der Waals surface area (Å²) >= 11 is 0. The Bertz CT molecular complexity index is 664. The number of carbonyl (C=O) groups excluding carboxylic acids is 1. The van der Waals surface area contributed by atoms with E-state index in [1.54, 1.807) is 24.3 Å². The smallest absolute Gasteiger partial charge is 0.325 e. The minimum Gasteiger partial charge on any atom is -0.497 e. The number of aldehydes is 1. The van der Waals surface area contributed by atoms with Crippen molar-refractivity contribution in [3.8, 4) is 17.0 Å². The van der Waals surface area contributed by atoms with Crippen molar-refractivity contribution in [2.24, 2.45) is 0 Å². The molecule has 0 fully saturated rings. The Morgan fingerprint density at radius 1 is 1.55 bits per heavy atom. The first-order chi connectivity index (χ1) is 9.56. The predicted octanol–water partition coefficient (Wildman–Crippen LogP) is 1.04. The van der Waals surface area contributed by atoms with Gasteiger partial charge in [0.15, 0.2) is 6.29 Å². The summed E-state index contributed by atoms with van der Waals surface area (Å²) in [7, 11) is 1.52. The standard InChI is InChI=1S/C13H13N3O4/c1-20-9-4-2-3-8(5-9)12-10(7-17)13(14)16(15-12)6-11(18)19/h2-5,7H,6,14H2,1H3,(H,18,19). The third-order valence-electron chi connectivity index (χ3n) is 2.78. The van der Waals surface area contributed by atoms with E-state index in [0.717, 1.165) is 4.68 Å². The zero-order chi connectivity index (χ0) is 14.7. The molecule has 1 aromatic heterocycles. The number of aliphatic carboxylic acids is 1. The maximum atomic E-state index is 11.2. The molecule has 104 valence electrons. The highest BCUT2D eigenvalue weighted by Gasteiger charge is 2.18. The third-order valence-corrected chi connectivity index (χ3v) is 2.78. The number of ether oxygens (including phenoxy) is 1. The Kier molecular flexibility index (Phi) is 3.69. The largest absolute Gasteiger partial charge is 0.497 e. The fourth-order valence-corrected chi connectivity index (χ4v) is 1.84. The summed E-state index contributed by atoms with van der Waals surface area (Å²) < 4.78 is 6.19. The summed E-state index contributed by atoms with van der Waals surface area (Å²) in [5, 5.41) is 12.9. The molecule has 1 heterocycles. The summed E-state index contributed by atoms with van der Waals surface area (Å²) in [5.41, 5.74) is 6.87. The van der Waals surface area contributed by atoms with E-state index in [-0.39, 0.29) is 11.4 Å². The Balaban J connectivity index is 2.55. The van der Waals surface area contributed by atoms with Gasteiger partial charge in [-0.2, -0.15) is 5.10 Å². The summed E-state index contributed by atoms with van der Waals surface area (Å²) in [6.45, 7) is -0.406. The van der Waals surface area contributed by atoms with Crippen LogP contribution in [-0.4, -0.2) is 34.3 Å². The van der Waals surface area contributed by atoms with Crippen molar-refractivity contribution in [3.63, 3.8) is 0 Å². The minimum absolute atomic E-state index is 0.0280. The molecular weight excluding hydrogens is 262 g/mol. The van der Waals surface area contributed by atoms with Gasteiger partial charge >= 0.3 is 5.97 Å². The molecule has 2 aromatic rings. The second kappa shape index (κ2) is 5.43. The molecule has 1 aromatic carbocycles. The number of carboxylic acids is 1. The lowest BCUT2D eigenvalue weighted by atomic mass is 10.1. The van der Waals surface area contributed by atoms with E-state index in [0.29, 0.717) is 23.3 Å². The monoisotopic (exact) mass is 275 g/mol. The van der Waals surface area contributed by atoms with Crippen LogP contribution < -0.4 is 10.5 Å². The molecule has 7 heteroatoms. The average molecular weight is 275 g/mol. The molecule has 0 spiro atoms. The van der Waals surface area contributed by atoms with Crippen LogP contribution >= 0.6 is 0 Å². The summed E-state index contributed by atoms with van der Waals surface area (Å²) in [6.07, 6.45) is 0.565. The highest BCUT2D eigenvalue weighted by Crippen LogP contribution is 2.28. The molecule has 0 amide bonds. The van der Waals surface area contributed by atoms with Crippen LogP contribution in [0.5, 0.6) is 5.75 Å². The zero-order valence-electron chi connectivity index (χ0n) is 10.7. The van der Waals surface area contributed by atoms with Gasteiger partial charge in [-0.25, -0.2) is 4.68 Å². The SMILES string of the molecule is COc1cccc(-c2nn(CC(=O)O)c(N)c2C=O)c1. The van der Waals surface area contributed by atoms with Crippen LogP contribution in [-0.2, 0) is 11.3 Å². The first-order valence-electron chi connectivity index (χ1n) is 5.74. The van der Waals surface area contributed by atoms with Crippen molar-refractivity contribution in [2.75, 3.05) is 12.8 Å². The maximum absolute atomic E-state index is 11.2. The van der Waals surface area contributed by atoms with Gasteiger partial charge in [-0.3, -0.25) is 9.59 Å². The van der Waals surface area contributed by atoms with Crippen molar-refractivity contribution in [3.05, 3.63) is 29.8 Å². The van der Waals surface area contributed by atoms with Crippen LogP contribution in [0.4, 0.5) is 5.82 Å². The Morgan fingerprint density at radius 3 is 2.90 bits per heavy atom. The number of nitrogen functional groups attached to an aromatic ring is 1. The summed E-state index contributed by atoms with van der Waals surface area (Å²) in [5.74, 6) is -0.459. The lowest BCUT2D eigenvalue weighted by Gasteiger charge is -2.02. The van der Waals surface area contributed by atoms with Crippen molar-refractivity contribution in [1.29, 1.82) is 0 Å². The number of hydrogen-bond donors (Lipinski definition) is 2. The van der Waals surface area contributed by atoms with Crippen LogP contribution in [0.15, 0.2) is 24.3 Å². The van der Waals surface area contributed by atoms with E-state index in [1.807, 2.05) is 0 Å². The molecule has 3 N–H and O–H groups in total. The number of rotatable bonds is 5. The number of carbonyl (C=O) groups is 2. The molecule has 0 saturated carbocycles. The molecule has 0 aliphatic rings. The third kappa shape index (κ3) is 2.46. The topological polar surface area (TPSA) is 107 Å². The highest BCUT2D eigenvalue weighted by atomic mass is 16.5. The molecule has 20 heavy (non-hydrogen) atoms. The van der Waals surface area contributed by atoms with Gasteiger partial charge in [-0.05, 0) is 12.1 Å². The fourth-order valence-electron chi connectivity index (χ4n) is 1.84. The fraction of sp³-hybridized carbons (Fsp3) is 0.154. The van der Waals surface area contributed by atoms with Gasteiger partial charge in [-0.15, -0.1) is 0 Å². The van der Waals surface area contributed by atoms with Gasteiger partial charge in [0, 0.05) is 5.56 Å². The van der Waals surface area contributed by atoms with E-state index in [4.69, 9.17) is 15.6 Å². The van der Waals surface area contributed by atoms with Crippen LogP contribution in [0.2, 0.25) is 0 Å². The van der Waals surface area contributed by atoms with Crippen molar-refractivity contribution >= 4 is 18.1 Å². The van der Waals surface area contributed by atoms with E-state index in [1.165, 1.54) is 7.11 Å². The first-order valence-corrected chi connectivity index (χ1v) is 5.74. The molecular formula is C13H13N3O4. The maximum Gasteiger partial charge on any atom is 0.325 e. The van der Waals surface area contributed by atoms with Crippen LogP contribution in [0, 0.1) is 0 Å². The number of benzene rings is 1. The lowest BCUT2D eigenvalue weighted by molar-refractivity contribution is -0.137. The number of anilines is 1. The normalized spacial score (nSPS) is 10.2. The molecule has 0 bridgehead atoms. The van der Waals surface area contributed by atoms with Gasteiger partial charge in [0.25, 0.3) is 0 Å². The number of nitrogens with zero attached hydrogens (tertiary/aromatic N) is 2. The lowest BCUT2D eigenvalue weighted by Crippen LogP contribution is -2.12. The second-order valence-electron chi connectivity index (χ2n) is 4.05. The minimum atomic E-state index is -1.09. The first kappa shape index (κ1) is 13.6. The Morgan fingerprint density at radius 2 is 2.30 bits per heavy atom. The van der Waals surface area contributed by atoms with Crippen molar-refractivity contribution < 1.29 is 19.4 Å². The highest BCUT2D eigenvalue weighted by molar-refractivity contribution is 5.92. The van der Waals surface area contributed by atoms with E-state index < -0.39 is 12.5 Å². The number of nitrogens with two attached hydrogens (primary N) is 1. The number of methoxy groups -OCH3 is 1. The number of carboxylic acid groups (broad SMARTS) is 1. The molecule has 0 saturated heterocycles. The molecule has 7 nitrogen and oxygen atoms in total. The average Bonchev–Trinajstić information content (AvgIpc) is 2.75. The molecule has 0 aliphatic carbocycles. The van der Waals surface area contributed by atoms with Gasteiger partial charge < -0.3 is 15.6 Å². The quantitative estimate of drug-likeness (QED) is 0.789. The number of hydrogen-bond acceptors (Lipinski definition) is 5. The van der Waals surface area contributed by atoms with E-state index in [9.17, 15) is 9.59 Å². The van der Waals surface area contributed by atoms with E-state index >= 15 is 0 Å². The molecule has 0 aliphatic heterocycles. The summed E-state index contributed by atoms with van der Waals surface area (Å²) in [4.78, 5) is 21.9. The van der Waals surface area contributed by atoms with Gasteiger partial charge in [0.2, 0.25) is 0 Å². The van der Waals surface area contributed by atoms with Crippen molar-refractivity contribution in [2.45, 2.75) is 6.54 Å². The van der Waals surface area contributed by atoms with Crippen LogP contribution in [0.25, 0.3) is 11.3 Å².